The average Bonchev–Trinajstić information content (AvgIpc) is 3.24. The molecule has 0 atom stereocenters. The van der Waals surface area contributed by atoms with Gasteiger partial charge in [0.15, 0.2) is 0 Å². The first-order chi connectivity index (χ1) is 15.6. The van der Waals surface area contributed by atoms with Gasteiger partial charge in [0.05, 0.1) is 26.7 Å². The van der Waals surface area contributed by atoms with E-state index in [-0.39, 0.29) is 6.42 Å². The highest BCUT2D eigenvalue weighted by Crippen LogP contribution is 2.28. The second-order valence-corrected chi connectivity index (χ2v) is 7.08. The van der Waals surface area contributed by atoms with Crippen LogP contribution in [0.5, 0.6) is 17.2 Å². The number of aliphatic carboxylic acids is 1. The van der Waals surface area contributed by atoms with Crippen LogP contribution in [0.4, 0.5) is 0 Å². The molecule has 8 nitrogen and oxygen atoms in total. The third-order valence-corrected chi connectivity index (χ3v) is 4.76. The number of benzene rings is 3. The first-order valence-corrected chi connectivity index (χ1v) is 10.2. The summed E-state index contributed by atoms with van der Waals surface area (Å²) in [6, 6.07) is 20.2. The Hall–Kier alpha value is -4.07. The summed E-state index contributed by atoms with van der Waals surface area (Å²) in [4.78, 5) is 12.3. The number of carbonyl (C=O) groups is 1. The van der Waals surface area contributed by atoms with Crippen LogP contribution in [0.2, 0.25) is 0 Å². The number of hydrogen-bond donors (Lipinski definition) is 1. The molecule has 1 N–H and O–H groups in total. The first kappa shape index (κ1) is 21.2. The van der Waals surface area contributed by atoms with E-state index in [0.29, 0.717) is 42.6 Å². The van der Waals surface area contributed by atoms with Crippen molar-refractivity contribution >= 4 is 17.0 Å². The van der Waals surface area contributed by atoms with Crippen LogP contribution < -0.4 is 14.2 Å². The van der Waals surface area contributed by atoms with Crippen molar-refractivity contribution in [2.24, 2.45) is 0 Å². The summed E-state index contributed by atoms with van der Waals surface area (Å²) in [6.45, 7) is 0.908. The molecule has 0 saturated heterocycles. The topological polar surface area (TPSA) is 95.7 Å². The van der Waals surface area contributed by atoms with Gasteiger partial charge in [-0.15, -0.1) is 15.0 Å². The van der Waals surface area contributed by atoms with Crippen molar-refractivity contribution in [3.05, 3.63) is 72.3 Å². The fraction of sp³-hybridized carbons (Fsp3) is 0.208. The Morgan fingerprint density at radius 1 is 0.906 bits per heavy atom. The van der Waals surface area contributed by atoms with Gasteiger partial charge in [-0.2, -0.15) is 0 Å². The quantitative estimate of drug-likeness (QED) is 0.379. The van der Waals surface area contributed by atoms with Gasteiger partial charge < -0.3 is 19.3 Å². The summed E-state index contributed by atoms with van der Waals surface area (Å²) in [5, 5.41) is 17.9. The van der Waals surface area contributed by atoms with Gasteiger partial charge in [0.1, 0.15) is 34.0 Å². The second-order valence-electron chi connectivity index (χ2n) is 7.08. The van der Waals surface area contributed by atoms with Crippen molar-refractivity contribution < 1.29 is 24.1 Å². The van der Waals surface area contributed by atoms with Crippen molar-refractivity contribution in [3.63, 3.8) is 0 Å². The van der Waals surface area contributed by atoms with E-state index in [9.17, 15) is 4.79 Å². The first-order valence-electron chi connectivity index (χ1n) is 10.2. The Balaban J connectivity index is 1.36. The smallest absolute Gasteiger partial charge is 0.307 e. The molecule has 32 heavy (non-hydrogen) atoms. The van der Waals surface area contributed by atoms with E-state index in [4.69, 9.17) is 19.3 Å². The van der Waals surface area contributed by atoms with E-state index < -0.39 is 5.97 Å². The van der Waals surface area contributed by atoms with Crippen LogP contribution in [0, 0.1) is 0 Å². The Bertz CT molecular complexity index is 1170. The maximum Gasteiger partial charge on any atom is 0.307 e. The predicted molar refractivity (Wildman–Crippen MR) is 119 cm³/mol. The number of hydrogen-bond acceptors (Lipinski definition) is 6. The van der Waals surface area contributed by atoms with E-state index in [1.807, 2.05) is 42.5 Å². The van der Waals surface area contributed by atoms with Crippen LogP contribution in [0.25, 0.3) is 16.7 Å². The molecule has 0 radical (unpaired) electrons. The lowest BCUT2D eigenvalue weighted by Gasteiger charge is -2.12. The van der Waals surface area contributed by atoms with Crippen molar-refractivity contribution in [1.29, 1.82) is 0 Å². The van der Waals surface area contributed by atoms with Gasteiger partial charge in [-0.05, 0) is 42.0 Å². The molecule has 4 rings (SSSR count). The predicted octanol–water partition coefficient (Wildman–Crippen LogP) is 3.90. The van der Waals surface area contributed by atoms with E-state index in [1.54, 1.807) is 36.2 Å². The maximum absolute atomic E-state index is 10.7. The largest absolute Gasteiger partial charge is 0.497 e. The number of carboxylic acids is 1. The molecule has 0 spiro atoms. The number of aromatic nitrogens is 3. The second kappa shape index (κ2) is 9.82. The van der Waals surface area contributed by atoms with Gasteiger partial charge in [-0.3, -0.25) is 4.79 Å². The zero-order valence-corrected chi connectivity index (χ0v) is 17.6. The standard InChI is InChI=1S/C24H23N3O5/c1-30-19-11-12-23(22(16-19)27-25-20-5-2-3-6-21(20)26-27)32-14-4-13-31-18-9-7-17(8-10-18)15-24(28)29/h2-3,5-12,16H,4,13-15H2,1H3,(H,28,29). The van der Waals surface area contributed by atoms with Gasteiger partial charge in [0.2, 0.25) is 0 Å². The summed E-state index contributed by atoms with van der Waals surface area (Å²) >= 11 is 0. The molecule has 3 aromatic carbocycles. The molecular weight excluding hydrogens is 410 g/mol. The van der Waals surface area contributed by atoms with Crippen molar-refractivity contribution in [2.45, 2.75) is 12.8 Å². The zero-order chi connectivity index (χ0) is 22.3. The molecule has 0 bridgehead atoms. The number of fused-ring (bicyclic) bond motifs is 1. The molecule has 1 heterocycles. The fourth-order valence-corrected chi connectivity index (χ4v) is 3.18. The molecule has 0 amide bonds. The van der Waals surface area contributed by atoms with Crippen molar-refractivity contribution in [1.82, 2.24) is 15.0 Å². The molecule has 164 valence electrons. The minimum absolute atomic E-state index is 0.00101. The third-order valence-electron chi connectivity index (χ3n) is 4.76. The maximum atomic E-state index is 10.7. The number of carboxylic acid groups (broad SMARTS) is 1. The van der Waals surface area contributed by atoms with Crippen molar-refractivity contribution in [2.75, 3.05) is 20.3 Å². The van der Waals surface area contributed by atoms with Crippen LogP contribution >= 0.6 is 0 Å². The van der Waals surface area contributed by atoms with Gasteiger partial charge in [-0.25, -0.2) is 0 Å². The monoisotopic (exact) mass is 433 g/mol. The molecule has 0 aliphatic carbocycles. The minimum atomic E-state index is -0.855. The Morgan fingerprint density at radius 3 is 2.22 bits per heavy atom. The van der Waals surface area contributed by atoms with Gasteiger partial charge in [0, 0.05) is 12.5 Å². The number of ether oxygens (including phenoxy) is 3. The SMILES string of the molecule is COc1ccc(OCCCOc2ccc(CC(=O)O)cc2)c(-n2nc3ccccc3n2)c1. The van der Waals surface area contributed by atoms with Gasteiger partial charge in [-0.1, -0.05) is 24.3 Å². The van der Waals surface area contributed by atoms with E-state index in [0.717, 1.165) is 16.6 Å². The molecule has 8 heteroatoms. The summed E-state index contributed by atoms with van der Waals surface area (Å²) in [6.07, 6.45) is 0.663. The van der Waals surface area contributed by atoms with Crippen LogP contribution in [0.1, 0.15) is 12.0 Å². The molecule has 4 aromatic rings. The summed E-state index contributed by atoms with van der Waals surface area (Å²) < 4.78 is 17.1. The number of rotatable bonds is 10. The fourth-order valence-electron chi connectivity index (χ4n) is 3.18. The molecule has 0 fully saturated rings. The Kier molecular flexibility index (Phi) is 6.50. The molecule has 0 unspecified atom stereocenters. The summed E-state index contributed by atoms with van der Waals surface area (Å²) in [5.74, 6) is 1.16. The lowest BCUT2D eigenvalue weighted by Crippen LogP contribution is -2.08. The highest BCUT2D eigenvalue weighted by molar-refractivity contribution is 5.73. The van der Waals surface area contributed by atoms with Crippen LogP contribution in [0.15, 0.2) is 66.7 Å². The summed E-state index contributed by atoms with van der Waals surface area (Å²) in [5.41, 5.74) is 3.02. The van der Waals surface area contributed by atoms with Gasteiger partial charge >= 0.3 is 5.97 Å². The number of methoxy groups -OCH3 is 1. The molecule has 0 aliphatic heterocycles. The minimum Gasteiger partial charge on any atom is -0.497 e. The lowest BCUT2D eigenvalue weighted by atomic mass is 10.1. The normalized spacial score (nSPS) is 10.8. The third kappa shape index (κ3) is 5.15. The molecule has 0 aliphatic rings. The van der Waals surface area contributed by atoms with Crippen LogP contribution in [0.3, 0.4) is 0 Å². The lowest BCUT2D eigenvalue weighted by molar-refractivity contribution is -0.136. The van der Waals surface area contributed by atoms with Crippen molar-refractivity contribution in [3.8, 4) is 22.9 Å². The Labute approximate surface area is 185 Å². The van der Waals surface area contributed by atoms with E-state index in [1.165, 1.54) is 0 Å². The van der Waals surface area contributed by atoms with Crippen LogP contribution in [-0.4, -0.2) is 46.4 Å². The molecule has 1 aromatic heterocycles. The average molecular weight is 433 g/mol. The Morgan fingerprint density at radius 2 is 1.56 bits per heavy atom. The zero-order valence-electron chi connectivity index (χ0n) is 17.6. The highest BCUT2D eigenvalue weighted by atomic mass is 16.5. The van der Waals surface area contributed by atoms with Gasteiger partial charge in [0.25, 0.3) is 0 Å². The van der Waals surface area contributed by atoms with E-state index in [2.05, 4.69) is 10.2 Å². The van der Waals surface area contributed by atoms with E-state index >= 15 is 0 Å². The molecule has 0 saturated carbocycles. The highest BCUT2D eigenvalue weighted by Gasteiger charge is 2.12. The number of nitrogens with zero attached hydrogens (tertiary/aromatic N) is 3. The van der Waals surface area contributed by atoms with Crippen LogP contribution in [-0.2, 0) is 11.2 Å². The molecular formula is C24H23N3O5. The summed E-state index contributed by atoms with van der Waals surface area (Å²) in [7, 11) is 1.61.